The molecule has 0 aliphatic carbocycles. The van der Waals surface area contributed by atoms with Gasteiger partial charge in [0, 0.05) is 6.42 Å². The Labute approximate surface area is 257 Å². The van der Waals surface area contributed by atoms with Crippen LogP contribution in [0.3, 0.4) is 0 Å². The molecule has 0 rings (SSSR count). The minimum atomic E-state index is -0.651. The normalized spacial score (nSPS) is 13.0. The van der Waals surface area contributed by atoms with Gasteiger partial charge in [-0.1, -0.05) is 194 Å². The highest BCUT2D eigenvalue weighted by atomic mass is 16.3. The fourth-order valence-corrected chi connectivity index (χ4v) is 5.95. The van der Waals surface area contributed by atoms with Crippen LogP contribution in [0.2, 0.25) is 0 Å². The molecule has 41 heavy (non-hydrogen) atoms. The Balaban J connectivity index is 3.52. The zero-order chi connectivity index (χ0) is 30.1. The third kappa shape index (κ3) is 30.6. The molecule has 3 N–H and O–H groups in total. The second kappa shape index (κ2) is 33.9. The van der Waals surface area contributed by atoms with Gasteiger partial charge in [-0.05, 0) is 12.8 Å². The summed E-state index contributed by atoms with van der Waals surface area (Å²) in [6.45, 7) is 4.36. The standard InChI is InChI=1S/C37H75NO3/c1-3-5-7-9-11-13-15-17-19-20-22-24-26-28-30-32-36(40)35(34-39)38-37(41)33-31-29-27-25-23-21-18-16-14-12-10-8-6-4-2/h35-36,39-40H,3-34H2,1-2H3,(H,38,41). The van der Waals surface area contributed by atoms with Crippen LogP contribution in [0, 0.1) is 0 Å². The molecule has 0 saturated heterocycles. The van der Waals surface area contributed by atoms with Crippen LogP contribution in [0.5, 0.6) is 0 Å². The molecule has 0 fully saturated rings. The molecule has 4 heteroatoms. The van der Waals surface area contributed by atoms with Gasteiger partial charge < -0.3 is 15.5 Å². The largest absolute Gasteiger partial charge is 0.394 e. The number of carbonyl (C=O) groups excluding carboxylic acids is 1. The Morgan fingerprint density at radius 1 is 0.488 bits per heavy atom. The number of aliphatic hydroxyl groups is 2. The van der Waals surface area contributed by atoms with Crippen molar-refractivity contribution in [1.29, 1.82) is 0 Å². The molecule has 0 aromatic heterocycles. The first-order valence-electron chi connectivity index (χ1n) is 18.7. The maximum absolute atomic E-state index is 12.3. The molecule has 0 aliphatic heterocycles. The van der Waals surface area contributed by atoms with Gasteiger partial charge in [-0.15, -0.1) is 0 Å². The SMILES string of the molecule is CCCCCCCCCCCCCCCCCC(O)C(CO)NC(=O)CCCCCCCCCCCCCCCC. The molecule has 0 aliphatic rings. The third-order valence-corrected chi connectivity index (χ3v) is 8.87. The summed E-state index contributed by atoms with van der Waals surface area (Å²) in [4.78, 5) is 12.3. The van der Waals surface area contributed by atoms with E-state index in [-0.39, 0.29) is 12.5 Å². The van der Waals surface area contributed by atoms with E-state index in [1.54, 1.807) is 0 Å². The lowest BCUT2D eigenvalue weighted by molar-refractivity contribution is -0.123. The van der Waals surface area contributed by atoms with Crippen LogP contribution in [-0.4, -0.2) is 34.9 Å². The van der Waals surface area contributed by atoms with Gasteiger partial charge in [0.15, 0.2) is 0 Å². The monoisotopic (exact) mass is 582 g/mol. The van der Waals surface area contributed by atoms with Crippen molar-refractivity contribution in [3.8, 4) is 0 Å². The molecule has 2 unspecified atom stereocenters. The van der Waals surface area contributed by atoms with Gasteiger partial charge in [0.2, 0.25) is 5.91 Å². The van der Waals surface area contributed by atoms with Gasteiger partial charge in [-0.2, -0.15) is 0 Å². The highest BCUT2D eigenvalue weighted by Gasteiger charge is 2.19. The zero-order valence-electron chi connectivity index (χ0n) is 28.1. The number of unbranched alkanes of at least 4 members (excludes halogenated alkanes) is 27. The maximum Gasteiger partial charge on any atom is 0.220 e. The van der Waals surface area contributed by atoms with Crippen LogP contribution in [-0.2, 0) is 4.79 Å². The number of rotatable bonds is 34. The average Bonchev–Trinajstić information content (AvgIpc) is 2.97. The fraction of sp³-hybridized carbons (Fsp3) is 0.973. The molecular weight excluding hydrogens is 506 g/mol. The molecule has 1 amide bonds. The predicted octanol–water partition coefficient (Wildman–Crippen LogP) is 11.0. The first-order valence-corrected chi connectivity index (χ1v) is 18.7. The van der Waals surface area contributed by atoms with Gasteiger partial charge in [0.1, 0.15) is 0 Å². The molecule has 246 valence electrons. The van der Waals surface area contributed by atoms with Crippen LogP contribution in [0.4, 0.5) is 0 Å². The molecule has 0 aromatic rings. The summed E-state index contributed by atoms with van der Waals surface area (Å²) in [5, 5.41) is 23.0. The maximum atomic E-state index is 12.3. The summed E-state index contributed by atoms with van der Waals surface area (Å²) in [6.07, 6.45) is 38.7. The van der Waals surface area contributed by atoms with Gasteiger partial charge in [-0.25, -0.2) is 0 Å². The summed E-state index contributed by atoms with van der Waals surface area (Å²) < 4.78 is 0. The van der Waals surface area contributed by atoms with E-state index in [1.807, 2.05) is 0 Å². The molecule has 0 bridgehead atoms. The molecule has 0 spiro atoms. The molecule has 0 heterocycles. The Morgan fingerprint density at radius 2 is 0.780 bits per heavy atom. The van der Waals surface area contributed by atoms with Gasteiger partial charge in [0.25, 0.3) is 0 Å². The molecule has 0 saturated carbocycles. The lowest BCUT2D eigenvalue weighted by Crippen LogP contribution is -2.45. The molecule has 2 atom stereocenters. The summed E-state index contributed by atoms with van der Waals surface area (Å²) in [6, 6.07) is -0.527. The van der Waals surface area contributed by atoms with Crippen molar-refractivity contribution in [1.82, 2.24) is 5.32 Å². The number of nitrogens with one attached hydrogen (secondary N) is 1. The number of aliphatic hydroxyl groups excluding tert-OH is 2. The highest BCUT2D eigenvalue weighted by Crippen LogP contribution is 2.16. The van der Waals surface area contributed by atoms with Crippen molar-refractivity contribution in [2.24, 2.45) is 0 Å². The second-order valence-electron chi connectivity index (χ2n) is 13.0. The van der Waals surface area contributed by atoms with Crippen molar-refractivity contribution < 1.29 is 15.0 Å². The van der Waals surface area contributed by atoms with Crippen LogP contribution in [0.1, 0.15) is 213 Å². The number of amides is 1. The Bertz CT molecular complexity index is 512. The number of hydrogen-bond donors (Lipinski definition) is 3. The Kier molecular flexibility index (Phi) is 33.4. The van der Waals surface area contributed by atoms with Crippen LogP contribution >= 0.6 is 0 Å². The molecule has 4 nitrogen and oxygen atoms in total. The van der Waals surface area contributed by atoms with Gasteiger partial charge >= 0.3 is 0 Å². The third-order valence-electron chi connectivity index (χ3n) is 8.87. The second-order valence-corrected chi connectivity index (χ2v) is 13.0. The lowest BCUT2D eigenvalue weighted by atomic mass is 10.0. The van der Waals surface area contributed by atoms with E-state index in [4.69, 9.17) is 0 Å². The van der Waals surface area contributed by atoms with Crippen molar-refractivity contribution in [3.05, 3.63) is 0 Å². The van der Waals surface area contributed by atoms with Crippen LogP contribution in [0.15, 0.2) is 0 Å². The summed E-state index contributed by atoms with van der Waals surface area (Å²) >= 11 is 0. The quantitative estimate of drug-likeness (QED) is 0.0662. The van der Waals surface area contributed by atoms with Crippen LogP contribution < -0.4 is 5.32 Å². The average molecular weight is 582 g/mol. The number of hydrogen-bond acceptors (Lipinski definition) is 3. The topological polar surface area (TPSA) is 69.6 Å². The summed E-state index contributed by atoms with van der Waals surface area (Å²) in [5.41, 5.74) is 0. The minimum Gasteiger partial charge on any atom is -0.394 e. The first kappa shape index (κ1) is 40.4. The van der Waals surface area contributed by atoms with Gasteiger partial charge in [0.05, 0.1) is 18.8 Å². The molecule has 0 aromatic carbocycles. The number of carbonyl (C=O) groups is 1. The predicted molar refractivity (Wildman–Crippen MR) is 179 cm³/mol. The van der Waals surface area contributed by atoms with Crippen LogP contribution in [0.25, 0.3) is 0 Å². The highest BCUT2D eigenvalue weighted by molar-refractivity contribution is 5.76. The smallest absolute Gasteiger partial charge is 0.220 e. The fourth-order valence-electron chi connectivity index (χ4n) is 5.95. The van der Waals surface area contributed by atoms with E-state index in [0.29, 0.717) is 12.8 Å². The lowest BCUT2D eigenvalue weighted by Gasteiger charge is -2.22. The summed E-state index contributed by atoms with van der Waals surface area (Å²) in [5.74, 6) is -0.0291. The van der Waals surface area contributed by atoms with E-state index in [1.165, 1.54) is 161 Å². The molecular formula is C37H75NO3. The first-order chi connectivity index (χ1) is 20.2. The minimum absolute atomic E-state index is 0.0291. The molecule has 0 radical (unpaired) electrons. The van der Waals surface area contributed by atoms with E-state index in [2.05, 4.69) is 19.2 Å². The Hall–Kier alpha value is -0.610. The van der Waals surface area contributed by atoms with Crippen molar-refractivity contribution >= 4 is 5.91 Å². The summed E-state index contributed by atoms with van der Waals surface area (Å²) in [7, 11) is 0. The zero-order valence-corrected chi connectivity index (χ0v) is 28.1. The van der Waals surface area contributed by atoms with E-state index >= 15 is 0 Å². The van der Waals surface area contributed by atoms with Crippen molar-refractivity contribution in [2.45, 2.75) is 225 Å². The van der Waals surface area contributed by atoms with Crippen molar-refractivity contribution in [3.63, 3.8) is 0 Å². The van der Waals surface area contributed by atoms with E-state index in [9.17, 15) is 15.0 Å². The Morgan fingerprint density at radius 3 is 1.10 bits per heavy atom. The van der Waals surface area contributed by atoms with E-state index < -0.39 is 12.1 Å². The van der Waals surface area contributed by atoms with E-state index in [0.717, 1.165) is 25.7 Å². The van der Waals surface area contributed by atoms with Crippen molar-refractivity contribution in [2.75, 3.05) is 6.61 Å². The van der Waals surface area contributed by atoms with Gasteiger partial charge in [-0.3, -0.25) is 4.79 Å².